The molecule has 1 aromatic carbocycles. The van der Waals surface area contributed by atoms with Crippen LogP contribution in [0.1, 0.15) is 23.3 Å². The molecule has 0 atom stereocenters. The average Bonchev–Trinajstić information content (AvgIpc) is 3.26. The lowest BCUT2D eigenvalue weighted by Gasteiger charge is -2.07. The molecule has 3 rings (SSSR count). The molecular formula is C19H22N4O2. The molecule has 0 radical (unpaired) electrons. The van der Waals surface area contributed by atoms with Gasteiger partial charge in [0.1, 0.15) is 11.5 Å². The number of nitrogens with zero attached hydrogens (tertiary/aromatic N) is 1. The molecule has 6 heteroatoms. The van der Waals surface area contributed by atoms with E-state index in [0.29, 0.717) is 26.1 Å². The molecule has 3 N–H and O–H groups in total. The van der Waals surface area contributed by atoms with Crippen LogP contribution in [0, 0.1) is 6.92 Å². The van der Waals surface area contributed by atoms with Crippen molar-refractivity contribution in [3.05, 3.63) is 65.5 Å². The van der Waals surface area contributed by atoms with Crippen molar-refractivity contribution in [2.45, 2.75) is 26.4 Å². The van der Waals surface area contributed by atoms with Crippen LogP contribution in [0.2, 0.25) is 0 Å². The summed E-state index contributed by atoms with van der Waals surface area (Å²) in [6.07, 6.45) is 2.20. The van der Waals surface area contributed by atoms with Gasteiger partial charge in [-0.05, 0) is 24.6 Å². The molecule has 0 saturated heterocycles. The number of hydrogen-bond donors (Lipinski definition) is 3. The minimum absolute atomic E-state index is 0.0328. The number of H-pyrrole nitrogens is 1. The van der Waals surface area contributed by atoms with Crippen molar-refractivity contribution < 1.29 is 9.21 Å². The van der Waals surface area contributed by atoms with E-state index >= 15 is 0 Å². The lowest BCUT2D eigenvalue weighted by Crippen LogP contribution is -2.27. The highest BCUT2D eigenvalue weighted by molar-refractivity contribution is 5.76. The molecule has 0 unspecified atom stereocenters. The number of carbonyl (C=O) groups is 1. The number of rotatable bonds is 8. The topological polar surface area (TPSA) is 83.0 Å². The molecule has 2 aromatic heterocycles. The molecule has 6 nitrogen and oxygen atoms in total. The van der Waals surface area contributed by atoms with Crippen molar-refractivity contribution >= 4 is 5.91 Å². The molecule has 25 heavy (non-hydrogen) atoms. The van der Waals surface area contributed by atoms with E-state index in [4.69, 9.17) is 4.42 Å². The number of hydrogen-bond acceptors (Lipinski definition) is 4. The normalized spacial score (nSPS) is 10.8. The first-order chi connectivity index (χ1) is 12.2. The average molecular weight is 338 g/mol. The smallest absolute Gasteiger partial charge is 0.221 e. The van der Waals surface area contributed by atoms with Gasteiger partial charge in [-0.3, -0.25) is 9.89 Å². The largest absolute Gasteiger partial charge is 0.460 e. The fraction of sp³-hybridized carbons (Fsp3) is 0.263. The standard InChI is InChI=1S/C19H22N4O2/c1-14-7-8-17(25-14)19-16(13-22-23-19)12-20-10-9-18(24)21-11-15-5-3-2-4-6-15/h2-8,13,20H,9-12H2,1H3,(H,21,24)(H,22,23). The molecule has 1 amide bonds. The second-order valence-corrected chi connectivity index (χ2v) is 5.87. The van der Waals surface area contributed by atoms with E-state index < -0.39 is 0 Å². The Balaban J connectivity index is 1.40. The molecule has 0 spiro atoms. The summed E-state index contributed by atoms with van der Waals surface area (Å²) in [5.41, 5.74) is 2.98. The maximum Gasteiger partial charge on any atom is 0.221 e. The molecule has 0 bridgehead atoms. The number of benzene rings is 1. The van der Waals surface area contributed by atoms with E-state index in [2.05, 4.69) is 20.8 Å². The van der Waals surface area contributed by atoms with E-state index in [9.17, 15) is 4.79 Å². The van der Waals surface area contributed by atoms with Crippen LogP contribution >= 0.6 is 0 Å². The number of nitrogens with one attached hydrogen (secondary N) is 3. The highest BCUT2D eigenvalue weighted by Crippen LogP contribution is 2.23. The number of furan rings is 1. The van der Waals surface area contributed by atoms with Gasteiger partial charge in [-0.1, -0.05) is 30.3 Å². The van der Waals surface area contributed by atoms with E-state index in [0.717, 1.165) is 28.3 Å². The Labute approximate surface area is 146 Å². The van der Waals surface area contributed by atoms with Gasteiger partial charge in [-0.15, -0.1) is 0 Å². The Morgan fingerprint density at radius 2 is 2.00 bits per heavy atom. The van der Waals surface area contributed by atoms with Crippen LogP contribution in [0.15, 0.2) is 53.1 Å². The van der Waals surface area contributed by atoms with Crippen LogP contribution in [0.3, 0.4) is 0 Å². The number of aromatic amines is 1. The Morgan fingerprint density at radius 3 is 2.76 bits per heavy atom. The lowest BCUT2D eigenvalue weighted by atomic mass is 10.2. The molecule has 2 heterocycles. The van der Waals surface area contributed by atoms with E-state index in [1.165, 1.54) is 0 Å². The number of carbonyl (C=O) groups excluding carboxylic acids is 1. The maximum absolute atomic E-state index is 11.9. The third-order valence-corrected chi connectivity index (χ3v) is 3.88. The summed E-state index contributed by atoms with van der Waals surface area (Å²) < 4.78 is 5.62. The Morgan fingerprint density at radius 1 is 1.16 bits per heavy atom. The van der Waals surface area contributed by atoms with Crippen molar-refractivity contribution in [3.8, 4) is 11.5 Å². The monoisotopic (exact) mass is 338 g/mol. The summed E-state index contributed by atoms with van der Waals surface area (Å²) in [6, 6.07) is 13.7. The van der Waals surface area contributed by atoms with E-state index in [-0.39, 0.29) is 5.91 Å². The number of aryl methyl sites for hydroxylation is 1. The van der Waals surface area contributed by atoms with Crippen molar-refractivity contribution in [3.63, 3.8) is 0 Å². The zero-order valence-electron chi connectivity index (χ0n) is 14.2. The van der Waals surface area contributed by atoms with E-state index in [1.54, 1.807) is 6.20 Å². The second-order valence-electron chi connectivity index (χ2n) is 5.87. The predicted octanol–water partition coefficient (Wildman–Crippen LogP) is 2.77. The lowest BCUT2D eigenvalue weighted by molar-refractivity contribution is -0.121. The SMILES string of the molecule is Cc1ccc(-c2[nH]ncc2CNCCC(=O)NCc2ccccc2)o1. The number of aromatic nitrogens is 2. The summed E-state index contributed by atoms with van der Waals surface area (Å²) in [6.45, 7) is 3.69. The third kappa shape index (κ3) is 4.81. The van der Waals surface area contributed by atoms with Gasteiger partial charge in [-0.25, -0.2) is 0 Å². The van der Waals surface area contributed by atoms with Gasteiger partial charge in [0.05, 0.1) is 6.20 Å². The Kier molecular flexibility index (Phi) is 5.64. The Bertz CT molecular complexity index is 808. The zero-order chi connectivity index (χ0) is 17.5. The molecule has 0 aliphatic rings. The summed E-state index contributed by atoms with van der Waals surface area (Å²) in [5, 5.41) is 13.2. The van der Waals surface area contributed by atoms with Crippen LogP contribution in [-0.4, -0.2) is 22.6 Å². The van der Waals surface area contributed by atoms with E-state index in [1.807, 2.05) is 49.4 Å². The van der Waals surface area contributed by atoms with Crippen molar-refractivity contribution in [1.82, 2.24) is 20.8 Å². The van der Waals surface area contributed by atoms with Gasteiger partial charge in [0, 0.05) is 31.6 Å². The zero-order valence-corrected chi connectivity index (χ0v) is 14.2. The second kappa shape index (κ2) is 8.30. The third-order valence-electron chi connectivity index (χ3n) is 3.88. The minimum atomic E-state index is 0.0328. The fourth-order valence-electron chi connectivity index (χ4n) is 2.54. The van der Waals surface area contributed by atoms with Crippen LogP contribution < -0.4 is 10.6 Å². The minimum Gasteiger partial charge on any atom is -0.460 e. The number of amides is 1. The molecular weight excluding hydrogens is 316 g/mol. The maximum atomic E-state index is 11.9. The van der Waals surface area contributed by atoms with Gasteiger partial charge < -0.3 is 15.1 Å². The molecule has 3 aromatic rings. The Hall–Kier alpha value is -2.86. The first kappa shape index (κ1) is 17.0. The van der Waals surface area contributed by atoms with Gasteiger partial charge in [-0.2, -0.15) is 5.10 Å². The van der Waals surface area contributed by atoms with Crippen LogP contribution in [0.25, 0.3) is 11.5 Å². The molecule has 0 saturated carbocycles. The van der Waals surface area contributed by atoms with Gasteiger partial charge in [0.15, 0.2) is 5.76 Å². The fourth-order valence-corrected chi connectivity index (χ4v) is 2.54. The molecule has 0 aliphatic heterocycles. The summed E-state index contributed by atoms with van der Waals surface area (Å²) in [4.78, 5) is 11.9. The summed E-state index contributed by atoms with van der Waals surface area (Å²) >= 11 is 0. The molecule has 0 aliphatic carbocycles. The van der Waals surface area contributed by atoms with Crippen LogP contribution in [-0.2, 0) is 17.9 Å². The molecule has 0 fully saturated rings. The highest BCUT2D eigenvalue weighted by atomic mass is 16.3. The van der Waals surface area contributed by atoms with Gasteiger partial charge >= 0.3 is 0 Å². The van der Waals surface area contributed by atoms with Gasteiger partial charge in [0.25, 0.3) is 0 Å². The van der Waals surface area contributed by atoms with Crippen molar-refractivity contribution in [2.75, 3.05) is 6.54 Å². The van der Waals surface area contributed by atoms with Gasteiger partial charge in [0.2, 0.25) is 5.91 Å². The van der Waals surface area contributed by atoms with Crippen molar-refractivity contribution in [1.29, 1.82) is 0 Å². The predicted molar refractivity (Wildman–Crippen MR) is 95.6 cm³/mol. The highest BCUT2D eigenvalue weighted by Gasteiger charge is 2.11. The first-order valence-corrected chi connectivity index (χ1v) is 8.33. The quantitative estimate of drug-likeness (QED) is 0.552. The summed E-state index contributed by atoms with van der Waals surface area (Å²) in [5.74, 6) is 1.66. The molecule has 130 valence electrons. The van der Waals surface area contributed by atoms with Crippen LogP contribution in [0.4, 0.5) is 0 Å². The first-order valence-electron chi connectivity index (χ1n) is 8.33. The van der Waals surface area contributed by atoms with Crippen molar-refractivity contribution in [2.24, 2.45) is 0 Å². The van der Waals surface area contributed by atoms with Crippen LogP contribution in [0.5, 0.6) is 0 Å². The summed E-state index contributed by atoms with van der Waals surface area (Å²) in [7, 11) is 0.